The molecule has 27 heavy (non-hydrogen) atoms. The second-order valence-corrected chi connectivity index (χ2v) is 7.06. The maximum absolute atomic E-state index is 12.8. The van der Waals surface area contributed by atoms with Crippen LogP contribution < -0.4 is 5.32 Å². The van der Waals surface area contributed by atoms with Gasteiger partial charge in [-0.3, -0.25) is 9.48 Å². The predicted molar refractivity (Wildman–Crippen MR) is 107 cm³/mol. The van der Waals surface area contributed by atoms with Crippen LogP contribution in [0.5, 0.6) is 0 Å². The van der Waals surface area contributed by atoms with E-state index in [0.717, 1.165) is 24.0 Å². The molecule has 0 aliphatic rings. The minimum absolute atomic E-state index is 0.103. The molecule has 1 aromatic carbocycles. The summed E-state index contributed by atoms with van der Waals surface area (Å²) in [5.74, 6) is -0.103. The highest BCUT2D eigenvalue weighted by Gasteiger charge is 2.18. The van der Waals surface area contributed by atoms with Gasteiger partial charge in [0.05, 0.1) is 5.52 Å². The number of fused-ring (bicyclic) bond motifs is 1. The Balaban J connectivity index is 1.50. The van der Waals surface area contributed by atoms with Crippen LogP contribution in [0.2, 0.25) is 0 Å². The molecule has 0 spiro atoms. The third-order valence-corrected chi connectivity index (χ3v) is 4.78. The minimum atomic E-state index is -0.103. The summed E-state index contributed by atoms with van der Waals surface area (Å²) >= 11 is 3.37. The van der Waals surface area contributed by atoms with E-state index in [0.29, 0.717) is 29.0 Å². The zero-order valence-electron chi connectivity index (χ0n) is 14.6. The van der Waals surface area contributed by atoms with E-state index in [2.05, 4.69) is 26.3 Å². The molecule has 138 valence electrons. The molecule has 3 aromatic heterocycles. The first-order chi connectivity index (χ1) is 13.2. The number of nitrogens with one attached hydrogen (secondary N) is 1. The van der Waals surface area contributed by atoms with Crippen molar-refractivity contribution in [2.75, 3.05) is 6.54 Å². The van der Waals surface area contributed by atoms with E-state index in [4.69, 9.17) is 4.42 Å². The van der Waals surface area contributed by atoms with Crippen LogP contribution in [0.3, 0.4) is 0 Å². The lowest BCUT2D eigenvalue weighted by Crippen LogP contribution is -2.27. The lowest BCUT2D eigenvalue weighted by molar-refractivity contribution is 0.0944. The van der Waals surface area contributed by atoms with Gasteiger partial charge in [-0.2, -0.15) is 5.10 Å². The number of hydrogen-bond acceptors (Lipinski definition) is 3. The van der Waals surface area contributed by atoms with E-state index in [1.807, 2.05) is 57.9 Å². The van der Waals surface area contributed by atoms with Crippen LogP contribution >= 0.6 is 15.9 Å². The molecule has 0 aliphatic heterocycles. The molecule has 1 amide bonds. The van der Waals surface area contributed by atoms with E-state index in [1.54, 1.807) is 12.3 Å². The monoisotopic (exact) mass is 426 g/mol. The van der Waals surface area contributed by atoms with Crippen LogP contribution in [-0.2, 0) is 13.1 Å². The summed E-state index contributed by atoms with van der Waals surface area (Å²) in [6, 6.07) is 15.7. The van der Waals surface area contributed by atoms with E-state index >= 15 is 0 Å². The molecule has 6 nitrogen and oxygen atoms in total. The largest absolute Gasteiger partial charge is 0.448 e. The Labute approximate surface area is 164 Å². The average Bonchev–Trinajstić information content (AvgIpc) is 3.37. The Hall–Kier alpha value is -2.80. The van der Waals surface area contributed by atoms with Gasteiger partial charge < -0.3 is 14.3 Å². The first-order valence-electron chi connectivity index (χ1n) is 8.79. The lowest BCUT2D eigenvalue weighted by Gasteiger charge is -2.11. The highest BCUT2D eigenvalue weighted by molar-refractivity contribution is 9.10. The molecule has 3 heterocycles. The molecule has 0 saturated carbocycles. The molecule has 0 radical (unpaired) electrons. The van der Waals surface area contributed by atoms with E-state index in [9.17, 15) is 4.79 Å². The lowest BCUT2D eigenvalue weighted by atomic mass is 10.2. The Morgan fingerprint density at radius 3 is 2.81 bits per heavy atom. The fraction of sp³-hybridized carbons (Fsp3) is 0.200. The van der Waals surface area contributed by atoms with Gasteiger partial charge in [0, 0.05) is 44.2 Å². The number of amides is 1. The minimum Gasteiger partial charge on any atom is -0.448 e. The normalized spacial score (nSPS) is 11.1. The van der Waals surface area contributed by atoms with Crippen molar-refractivity contribution < 1.29 is 9.21 Å². The van der Waals surface area contributed by atoms with Gasteiger partial charge in [0.2, 0.25) is 0 Å². The van der Waals surface area contributed by atoms with Crippen molar-refractivity contribution in [2.45, 2.75) is 19.5 Å². The van der Waals surface area contributed by atoms with Gasteiger partial charge in [-0.05, 0) is 34.0 Å². The van der Waals surface area contributed by atoms with Crippen LogP contribution in [0.1, 0.15) is 22.5 Å². The van der Waals surface area contributed by atoms with E-state index in [-0.39, 0.29) is 5.91 Å². The van der Waals surface area contributed by atoms with Crippen LogP contribution in [0.15, 0.2) is 70.0 Å². The molecular weight excluding hydrogens is 408 g/mol. The maximum Gasteiger partial charge on any atom is 0.268 e. The van der Waals surface area contributed by atoms with Crippen LogP contribution in [0, 0.1) is 0 Å². The molecule has 4 rings (SSSR count). The molecular formula is C20H19BrN4O2. The van der Waals surface area contributed by atoms with Gasteiger partial charge in [0.1, 0.15) is 5.69 Å². The zero-order chi connectivity index (χ0) is 18.6. The van der Waals surface area contributed by atoms with Crippen molar-refractivity contribution >= 4 is 32.9 Å². The highest BCUT2D eigenvalue weighted by Crippen LogP contribution is 2.27. The second kappa shape index (κ2) is 7.84. The number of benzene rings is 1. The second-order valence-electron chi connectivity index (χ2n) is 6.28. The van der Waals surface area contributed by atoms with Crippen molar-refractivity contribution in [1.82, 2.24) is 19.7 Å². The number of carbonyl (C=O) groups is 1. The van der Waals surface area contributed by atoms with Crippen molar-refractivity contribution in [2.24, 2.45) is 0 Å². The number of hydrogen-bond donors (Lipinski definition) is 1. The summed E-state index contributed by atoms with van der Waals surface area (Å²) in [4.78, 5) is 12.8. The van der Waals surface area contributed by atoms with Gasteiger partial charge in [0.15, 0.2) is 10.3 Å². The number of halogens is 1. The summed E-state index contributed by atoms with van der Waals surface area (Å²) in [6.45, 7) is 1.96. The number of aromatic nitrogens is 3. The highest BCUT2D eigenvalue weighted by atomic mass is 79.9. The summed E-state index contributed by atoms with van der Waals surface area (Å²) in [5, 5.41) is 7.16. The van der Waals surface area contributed by atoms with Crippen molar-refractivity contribution in [3.05, 3.63) is 76.9 Å². The first kappa shape index (κ1) is 17.6. The molecule has 0 bridgehead atoms. The average molecular weight is 427 g/mol. The fourth-order valence-electron chi connectivity index (χ4n) is 3.10. The van der Waals surface area contributed by atoms with Crippen molar-refractivity contribution in [1.29, 1.82) is 0 Å². The molecule has 0 aliphatic carbocycles. The van der Waals surface area contributed by atoms with E-state index in [1.165, 1.54) is 0 Å². The van der Waals surface area contributed by atoms with Gasteiger partial charge in [-0.1, -0.05) is 30.3 Å². The summed E-state index contributed by atoms with van der Waals surface area (Å²) in [7, 11) is 0. The number of aryl methyl sites for hydroxylation is 1. The van der Waals surface area contributed by atoms with E-state index < -0.39 is 0 Å². The van der Waals surface area contributed by atoms with Crippen LogP contribution in [-0.4, -0.2) is 26.8 Å². The summed E-state index contributed by atoms with van der Waals surface area (Å²) in [6.07, 6.45) is 4.48. The number of carbonyl (C=O) groups excluding carboxylic acids is 1. The zero-order valence-corrected chi connectivity index (χ0v) is 16.2. The SMILES string of the molecule is O=C(NCCCn1cccn1)c1cc2oc(Br)cc2n1Cc1ccccc1. The van der Waals surface area contributed by atoms with Crippen molar-refractivity contribution in [3.63, 3.8) is 0 Å². The molecule has 1 N–H and O–H groups in total. The number of furan rings is 1. The number of rotatable bonds is 7. The molecule has 0 atom stereocenters. The quantitative estimate of drug-likeness (QED) is 0.453. The van der Waals surface area contributed by atoms with Gasteiger partial charge in [-0.25, -0.2) is 0 Å². The molecule has 0 saturated heterocycles. The molecule has 4 aromatic rings. The first-order valence-corrected chi connectivity index (χ1v) is 9.58. The fourth-order valence-corrected chi connectivity index (χ4v) is 3.49. The van der Waals surface area contributed by atoms with Gasteiger partial charge in [-0.15, -0.1) is 0 Å². The smallest absolute Gasteiger partial charge is 0.268 e. The van der Waals surface area contributed by atoms with Crippen LogP contribution in [0.4, 0.5) is 0 Å². The standard InChI is InChI=1S/C20H19BrN4O2/c21-19-13-16-18(27-19)12-17(25(16)14-15-6-2-1-3-7-15)20(26)22-8-4-10-24-11-5-9-23-24/h1-3,5-7,9,11-13H,4,8,10,14H2,(H,22,26). The van der Waals surface area contributed by atoms with Gasteiger partial charge >= 0.3 is 0 Å². The maximum atomic E-state index is 12.8. The molecule has 0 fully saturated rings. The third kappa shape index (κ3) is 3.98. The Morgan fingerprint density at radius 1 is 1.19 bits per heavy atom. The summed E-state index contributed by atoms with van der Waals surface area (Å²) < 4.78 is 10.2. The third-order valence-electron chi connectivity index (χ3n) is 4.38. The predicted octanol–water partition coefficient (Wildman–Crippen LogP) is 4.06. The Bertz CT molecular complexity index is 1040. The Morgan fingerprint density at radius 2 is 2.04 bits per heavy atom. The molecule has 0 unspecified atom stereocenters. The Kier molecular flexibility index (Phi) is 5.11. The molecule has 7 heteroatoms. The topological polar surface area (TPSA) is 65.0 Å². The van der Waals surface area contributed by atoms with Gasteiger partial charge in [0.25, 0.3) is 5.91 Å². The number of nitrogens with zero attached hydrogens (tertiary/aromatic N) is 3. The van der Waals surface area contributed by atoms with Crippen molar-refractivity contribution in [3.8, 4) is 0 Å². The van der Waals surface area contributed by atoms with Crippen LogP contribution in [0.25, 0.3) is 11.1 Å². The summed E-state index contributed by atoms with van der Waals surface area (Å²) in [5.41, 5.74) is 3.31.